The van der Waals surface area contributed by atoms with Crippen LogP contribution in [-0.4, -0.2) is 32.3 Å². The minimum absolute atomic E-state index is 0.309. The van der Waals surface area contributed by atoms with Crippen molar-refractivity contribution in [1.82, 2.24) is 20.6 Å². The number of H-pyrrole nitrogens is 1. The standard InChI is InChI=1S/C25H19ClN4O2S/c26-19-8-4-5-9-21(19)33-23-24(31)29-30(25(23)32)22(17-6-2-1-3-7-17)18-12-10-16(11-13-18)20-14-15-27-28-20/h1-15,22-23H,(H,27,28)(H,29,31). The second kappa shape index (κ2) is 9.13. The number of aromatic amines is 1. The first-order valence-corrected chi connectivity index (χ1v) is 11.6. The molecule has 5 rings (SSSR count). The monoisotopic (exact) mass is 474 g/mol. The number of hydrazine groups is 1. The molecule has 0 aliphatic carbocycles. The van der Waals surface area contributed by atoms with Crippen LogP contribution >= 0.6 is 23.4 Å². The van der Waals surface area contributed by atoms with Crippen molar-refractivity contribution in [2.75, 3.05) is 0 Å². The van der Waals surface area contributed by atoms with Crippen LogP contribution in [0.2, 0.25) is 5.02 Å². The van der Waals surface area contributed by atoms with Gasteiger partial charge in [-0.05, 0) is 34.9 Å². The van der Waals surface area contributed by atoms with Crippen LogP contribution in [0.5, 0.6) is 0 Å². The van der Waals surface area contributed by atoms with Gasteiger partial charge in [-0.15, -0.1) is 11.8 Å². The molecule has 2 heterocycles. The highest BCUT2D eigenvalue weighted by atomic mass is 35.5. The Hall–Kier alpha value is -3.55. The highest BCUT2D eigenvalue weighted by molar-refractivity contribution is 8.01. The van der Waals surface area contributed by atoms with Crippen molar-refractivity contribution >= 4 is 35.2 Å². The number of thioether (sulfide) groups is 1. The fourth-order valence-electron chi connectivity index (χ4n) is 3.82. The zero-order valence-corrected chi connectivity index (χ0v) is 18.9. The molecule has 2 unspecified atom stereocenters. The topological polar surface area (TPSA) is 78.1 Å². The van der Waals surface area contributed by atoms with Gasteiger partial charge in [-0.25, -0.2) is 5.01 Å². The lowest BCUT2D eigenvalue weighted by molar-refractivity contribution is -0.131. The number of halogens is 1. The first kappa shape index (κ1) is 21.3. The van der Waals surface area contributed by atoms with Crippen molar-refractivity contribution < 1.29 is 9.59 Å². The maximum atomic E-state index is 13.4. The summed E-state index contributed by atoms with van der Waals surface area (Å²) in [6.45, 7) is 0. The molecule has 0 spiro atoms. The number of aromatic nitrogens is 2. The largest absolute Gasteiger partial charge is 0.278 e. The molecule has 6 nitrogen and oxygen atoms in total. The van der Waals surface area contributed by atoms with Gasteiger partial charge in [0.25, 0.3) is 11.8 Å². The normalized spacial score (nSPS) is 16.6. The summed E-state index contributed by atoms with van der Waals surface area (Å²) < 4.78 is 0. The van der Waals surface area contributed by atoms with Crippen molar-refractivity contribution in [3.63, 3.8) is 0 Å². The molecule has 1 aliphatic rings. The van der Waals surface area contributed by atoms with Crippen LogP contribution in [0.3, 0.4) is 0 Å². The number of nitrogens with one attached hydrogen (secondary N) is 2. The van der Waals surface area contributed by atoms with Gasteiger partial charge in [-0.2, -0.15) is 5.10 Å². The Morgan fingerprint density at radius 1 is 0.879 bits per heavy atom. The minimum atomic E-state index is -0.916. The Balaban J connectivity index is 1.48. The Kier molecular flexibility index (Phi) is 5.90. The fourth-order valence-corrected chi connectivity index (χ4v) is 5.06. The van der Waals surface area contributed by atoms with Crippen LogP contribution in [0, 0.1) is 0 Å². The second-order valence-electron chi connectivity index (χ2n) is 7.52. The molecular formula is C25H19ClN4O2S. The van der Waals surface area contributed by atoms with E-state index in [1.54, 1.807) is 18.3 Å². The Morgan fingerprint density at radius 2 is 1.58 bits per heavy atom. The molecule has 1 aromatic heterocycles. The highest BCUT2D eigenvalue weighted by Gasteiger charge is 2.44. The molecule has 2 atom stereocenters. The fraction of sp³-hybridized carbons (Fsp3) is 0.0800. The van der Waals surface area contributed by atoms with E-state index in [2.05, 4.69) is 15.6 Å². The second-order valence-corrected chi connectivity index (χ2v) is 9.07. The first-order valence-electron chi connectivity index (χ1n) is 10.3. The molecule has 4 aromatic rings. The quantitative estimate of drug-likeness (QED) is 0.391. The number of nitrogens with zero attached hydrogens (tertiary/aromatic N) is 2. The molecule has 3 aromatic carbocycles. The lowest BCUT2D eigenvalue weighted by atomic mass is 9.96. The summed E-state index contributed by atoms with van der Waals surface area (Å²) in [5.74, 6) is -0.670. The summed E-state index contributed by atoms with van der Waals surface area (Å²) in [4.78, 5) is 27.0. The maximum absolute atomic E-state index is 13.4. The van der Waals surface area contributed by atoms with Crippen molar-refractivity contribution in [3.05, 3.63) is 107 Å². The summed E-state index contributed by atoms with van der Waals surface area (Å²) in [6, 6.07) is 26.1. The lowest BCUT2D eigenvalue weighted by Gasteiger charge is -2.28. The third kappa shape index (κ3) is 4.25. The number of amides is 2. The van der Waals surface area contributed by atoms with Crippen molar-refractivity contribution in [2.24, 2.45) is 0 Å². The van der Waals surface area contributed by atoms with Gasteiger partial charge in [0.1, 0.15) is 6.04 Å². The van der Waals surface area contributed by atoms with E-state index in [0.717, 1.165) is 34.1 Å². The first-order chi connectivity index (χ1) is 16.1. The van der Waals surface area contributed by atoms with Gasteiger partial charge in [0.15, 0.2) is 5.25 Å². The van der Waals surface area contributed by atoms with Crippen LogP contribution in [0.25, 0.3) is 11.3 Å². The summed E-state index contributed by atoms with van der Waals surface area (Å²) in [7, 11) is 0. The molecule has 0 saturated carbocycles. The molecule has 8 heteroatoms. The Labute approximate surface area is 199 Å². The van der Waals surface area contributed by atoms with Gasteiger partial charge in [0.2, 0.25) is 0 Å². The predicted molar refractivity (Wildman–Crippen MR) is 128 cm³/mol. The zero-order chi connectivity index (χ0) is 22.8. The summed E-state index contributed by atoms with van der Waals surface area (Å²) in [5.41, 5.74) is 6.45. The van der Waals surface area contributed by atoms with E-state index in [9.17, 15) is 9.59 Å². The number of hydrogen-bond donors (Lipinski definition) is 2. The van der Waals surface area contributed by atoms with E-state index >= 15 is 0 Å². The average Bonchev–Trinajstić information content (AvgIpc) is 3.47. The molecule has 33 heavy (non-hydrogen) atoms. The number of rotatable bonds is 6. The van der Waals surface area contributed by atoms with Crippen molar-refractivity contribution in [3.8, 4) is 11.3 Å². The van der Waals surface area contributed by atoms with Crippen LogP contribution in [-0.2, 0) is 9.59 Å². The van der Waals surface area contributed by atoms with Gasteiger partial charge in [-0.3, -0.25) is 20.1 Å². The molecule has 2 N–H and O–H groups in total. The van der Waals surface area contributed by atoms with Gasteiger partial charge >= 0.3 is 0 Å². The van der Waals surface area contributed by atoms with Gasteiger partial charge in [-0.1, -0.05) is 78.3 Å². The van der Waals surface area contributed by atoms with Gasteiger partial charge < -0.3 is 0 Å². The molecule has 1 aliphatic heterocycles. The SMILES string of the molecule is O=C1NN(C(c2ccccc2)c2ccc(-c3ccn[nH]3)cc2)C(=O)C1Sc1ccccc1Cl. The van der Waals surface area contributed by atoms with Crippen molar-refractivity contribution in [1.29, 1.82) is 0 Å². The summed E-state index contributed by atoms with van der Waals surface area (Å²) in [6.07, 6.45) is 1.70. The highest BCUT2D eigenvalue weighted by Crippen LogP contribution is 2.37. The van der Waals surface area contributed by atoms with E-state index in [1.807, 2.05) is 72.8 Å². The average molecular weight is 475 g/mol. The van der Waals surface area contributed by atoms with Crippen molar-refractivity contribution in [2.45, 2.75) is 16.2 Å². The molecule has 0 bridgehead atoms. The van der Waals surface area contributed by atoms with Crippen LogP contribution in [0.15, 0.2) is 96.0 Å². The van der Waals surface area contributed by atoms with Crippen LogP contribution < -0.4 is 5.43 Å². The smallest absolute Gasteiger partial charge is 0.265 e. The van der Waals surface area contributed by atoms with Gasteiger partial charge in [0.05, 0.1) is 10.7 Å². The van der Waals surface area contributed by atoms with E-state index in [-0.39, 0.29) is 11.8 Å². The molecule has 2 amide bonds. The third-order valence-corrected chi connectivity index (χ3v) is 7.13. The maximum Gasteiger partial charge on any atom is 0.265 e. The van der Waals surface area contributed by atoms with Gasteiger partial charge in [0, 0.05) is 11.1 Å². The van der Waals surface area contributed by atoms with Crippen LogP contribution in [0.4, 0.5) is 0 Å². The number of benzene rings is 3. The minimum Gasteiger partial charge on any atom is -0.278 e. The van der Waals surface area contributed by atoms with E-state index in [1.165, 1.54) is 5.01 Å². The summed E-state index contributed by atoms with van der Waals surface area (Å²) >= 11 is 7.42. The Bertz CT molecular complexity index is 1280. The number of hydrogen-bond acceptors (Lipinski definition) is 4. The summed E-state index contributed by atoms with van der Waals surface area (Å²) in [5, 5.41) is 7.97. The molecule has 1 saturated heterocycles. The molecular weight excluding hydrogens is 456 g/mol. The molecule has 164 valence electrons. The lowest BCUT2D eigenvalue weighted by Crippen LogP contribution is -2.39. The number of carbonyl (C=O) groups is 2. The third-order valence-electron chi connectivity index (χ3n) is 5.42. The molecule has 0 radical (unpaired) electrons. The van der Waals surface area contributed by atoms with E-state index < -0.39 is 11.3 Å². The van der Waals surface area contributed by atoms with E-state index in [4.69, 9.17) is 11.6 Å². The van der Waals surface area contributed by atoms with Crippen LogP contribution in [0.1, 0.15) is 17.2 Å². The Morgan fingerprint density at radius 3 is 2.27 bits per heavy atom. The van der Waals surface area contributed by atoms with E-state index in [0.29, 0.717) is 9.92 Å². The molecule has 1 fully saturated rings. The predicted octanol–water partition coefficient (Wildman–Crippen LogP) is 4.85. The zero-order valence-electron chi connectivity index (χ0n) is 17.3. The number of carbonyl (C=O) groups excluding carboxylic acids is 2.